The zero-order chi connectivity index (χ0) is 83.0. The molecule has 0 aromatic rings. The third-order valence-corrected chi connectivity index (χ3v) is 19.4. The molecule has 0 unspecified atom stereocenters. The first-order valence-electron chi connectivity index (χ1n) is 34.0. The van der Waals surface area contributed by atoms with Gasteiger partial charge in [-0.25, -0.2) is 14.4 Å². The summed E-state index contributed by atoms with van der Waals surface area (Å²) in [7, 11) is 0. The molecule has 0 radical (unpaired) electrons. The van der Waals surface area contributed by atoms with E-state index in [1.807, 2.05) is 16.0 Å². The minimum absolute atomic E-state index is 0.786. The molecule has 38 atom stereocenters. The Labute approximate surface area is 623 Å². The number of aliphatic carboxylic acids is 3. The van der Waals surface area contributed by atoms with Gasteiger partial charge in [0, 0.05) is 26.2 Å². The topological polar surface area (TPSA) is 854 Å². The lowest BCUT2D eigenvalue weighted by Crippen LogP contribution is -2.73. The third-order valence-electron chi connectivity index (χ3n) is 19.4. The molecule has 7 rings (SSSR count). The normalized spacial score (nSPS) is 42.5. The molecule has 32 N–H and O–H groups in total. The monoisotopic (exact) mass is 1630 g/mol. The molecular formula is C59H96N4O48. The standard InChI is InChI=1S/C59H96N4O48/c1-15(74)60-32-44(35(85)21(7-66)100-51(32)104-43-25(11-70)102-53(103-42-24(10-69)99-50(92)39(89)38(42)88)41(91)49(43)111-59(56(97)98)4-17(76)30(62-27(81)13-72)46(108-59)34(84)20(79)6-65)105-52-40(90)48(36(86)22(8-67)101-52)110-58(55(95)96)3-18(77)31(63-28(82)14-73)47(109-58)37(87)23(9-68)106-57(54(93)94)2-16(75)29(61-26(80)12-71)45(107-57)33(83)19(78)5-64/h16-25,29-53,64-73,75-79,83-92H,2-14H2,1H3,(H,60,74)(H,61,80)(H,62,81)(H,63,82)(H,93,94)(H,95,96)(H,97,98)/t16-,17-,18-,19+,20+,21+,22+,23+,24+,25+,29+,30+,31+,32+,33+,34+,35-,36-,37+,38+,39+,40+,41+,42+,43-,44+,45+,46+,47+,48-,49+,50+,51-,52-,53-,57+,58-,59-/m0/s1. The largest absolute Gasteiger partial charge is 0.477 e. The van der Waals surface area contributed by atoms with Crippen molar-refractivity contribution in [3.8, 4) is 0 Å². The van der Waals surface area contributed by atoms with E-state index >= 15 is 0 Å². The van der Waals surface area contributed by atoms with Crippen molar-refractivity contribution >= 4 is 41.5 Å². The Balaban J connectivity index is 1.27. The van der Waals surface area contributed by atoms with Gasteiger partial charge in [0.15, 0.2) is 25.2 Å². The molecule has 0 aliphatic carbocycles. The van der Waals surface area contributed by atoms with Crippen LogP contribution in [0.5, 0.6) is 0 Å². The Morgan fingerprint density at radius 2 is 0.748 bits per heavy atom. The van der Waals surface area contributed by atoms with E-state index in [0.29, 0.717) is 0 Å². The highest BCUT2D eigenvalue weighted by Gasteiger charge is 2.66. The zero-order valence-electron chi connectivity index (χ0n) is 58.1. The van der Waals surface area contributed by atoms with Crippen molar-refractivity contribution in [2.75, 3.05) is 66.1 Å². The molecular weight excluding hydrogens is 1530 g/mol. The number of hydrogen-bond acceptors (Lipinski definition) is 45. The fourth-order valence-corrected chi connectivity index (χ4v) is 13.7. The molecule has 7 saturated heterocycles. The third kappa shape index (κ3) is 20.2. The van der Waals surface area contributed by atoms with Crippen LogP contribution in [0.2, 0.25) is 0 Å². The van der Waals surface area contributed by atoms with E-state index in [0.717, 1.165) is 6.92 Å². The van der Waals surface area contributed by atoms with Crippen LogP contribution >= 0.6 is 0 Å². The Bertz CT molecular complexity index is 3070. The molecule has 52 nitrogen and oxygen atoms in total. The highest BCUT2D eigenvalue weighted by molar-refractivity contribution is 5.80. The van der Waals surface area contributed by atoms with Gasteiger partial charge >= 0.3 is 17.9 Å². The number of aliphatic hydroxyl groups excluding tert-OH is 25. The summed E-state index contributed by atoms with van der Waals surface area (Å²) in [6.07, 6.45) is -79.9. The van der Waals surface area contributed by atoms with E-state index < -0.39 is 358 Å². The average molecular weight is 1630 g/mol. The number of rotatable bonds is 35. The Hall–Kier alpha value is -5.23. The van der Waals surface area contributed by atoms with E-state index in [4.69, 9.17) is 61.6 Å². The van der Waals surface area contributed by atoms with Gasteiger partial charge in [-0.1, -0.05) is 0 Å². The van der Waals surface area contributed by atoms with Crippen LogP contribution in [-0.4, -0.2) is 482 Å². The number of ether oxygens (including phenoxy) is 13. The van der Waals surface area contributed by atoms with E-state index in [1.54, 1.807) is 0 Å². The lowest BCUT2D eigenvalue weighted by atomic mass is 9.87. The fraction of sp³-hybridized carbons (Fsp3) is 0.881. The van der Waals surface area contributed by atoms with Crippen molar-refractivity contribution in [1.29, 1.82) is 0 Å². The van der Waals surface area contributed by atoms with Crippen molar-refractivity contribution in [3.63, 3.8) is 0 Å². The van der Waals surface area contributed by atoms with Crippen molar-refractivity contribution in [2.24, 2.45) is 0 Å². The molecule has 0 spiro atoms. The second kappa shape index (κ2) is 39.6. The quantitative estimate of drug-likeness (QED) is 0.0280. The fourth-order valence-electron chi connectivity index (χ4n) is 13.7. The van der Waals surface area contributed by atoms with Gasteiger partial charge in [0.1, 0.15) is 172 Å². The highest BCUT2D eigenvalue weighted by Crippen LogP contribution is 2.44. The molecule has 4 amide bonds. The van der Waals surface area contributed by atoms with Crippen molar-refractivity contribution in [3.05, 3.63) is 0 Å². The lowest BCUT2D eigenvalue weighted by Gasteiger charge is -2.53. The summed E-state index contributed by atoms with van der Waals surface area (Å²) in [5, 5.41) is 313. The van der Waals surface area contributed by atoms with Crippen LogP contribution in [-0.2, 0) is 95.1 Å². The summed E-state index contributed by atoms with van der Waals surface area (Å²) >= 11 is 0. The second-order valence-electron chi connectivity index (χ2n) is 26.9. The summed E-state index contributed by atoms with van der Waals surface area (Å²) in [5.74, 6) is -23.0. The van der Waals surface area contributed by atoms with Gasteiger partial charge in [-0.15, -0.1) is 0 Å². The number of carboxylic acid groups (broad SMARTS) is 3. The van der Waals surface area contributed by atoms with Gasteiger partial charge in [-0.3, -0.25) is 19.2 Å². The maximum Gasteiger partial charge on any atom is 0.364 e. The van der Waals surface area contributed by atoms with Crippen LogP contribution in [0.4, 0.5) is 0 Å². The average Bonchev–Trinajstić information content (AvgIpc) is 0.753. The van der Waals surface area contributed by atoms with Crippen LogP contribution in [0.3, 0.4) is 0 Å². The highest BCUT2D eigenvalue weighted by atomic mass is 16.8. The number of carbonyl (C=O) groups excluding carboxylic acids is 4. The Morgan fingerprint density at radius 1 is 0.387 bits per heavy atom. The van der Waals surface area contributed by atoms with Crippen LogP contribution in [0.25, 0.3) is 0 Å². The molecule has 52 heteroatoms. The molecule has 0 aromatic carbocycles. The van der Waals surface area contributed by atoms with Gasteiger partial charge in [-0.05, 0) is 0 Å². The Kier molecular flexibility index (Phi) is 33.2. The number of aliphatic hydroxyl groups is 25. The maximum atomic E-state index is 13.8. The molecule has 7 aliphatic heterocycles. The first kappa shape index (κ1) is 92.9. The number of carboxylic acids is 3. The Morgan fingerprint density at radius 3 is 1.15 bits per heavy atom. The molecule has 0 saturated carbocycles. The van der Waals surface area contributed by atoms with Gasteiger partial charge < -0.3 is 226 Å². The van der Waals surface area contributed by atoms with Crippen molar-refractivity contribution < 1.29 is 238 Å². The lowest BCUT2D eigenvalue weighted by molar-refractivity contribution is -0.404. The molecule has 0 aromatic heterocycles. The van der Waals surface area contributed by atoms with Crippen molar-refractivity contribution in [2.45, 2.75) is 258 Å². The molecule has 111 heavy (non-hydrogen) atoms. The SMILES string of the molecule is CC(=O)N[C@H]1[C@H](O[C@@H]2[C@H](O[C@]3(C(=O)O)C[C@H](O)[C@@H](NC(=O)CO)[C@H]([C@H](O)[C@H](O)CO)O3)[C@@H](O)[C@H](O[C@H]3[C@H](O)[C@@H](O)[C@H](O)O[C@@H]3CO)O[C@@H]2CO)O[C@H](CO)[C@H](O)[C@@H]1O[C@@H]1O[C@H](CO)[C@H](O)[C@H](O[C@]2(C(=O)O)C[C@H](O)[C@@H](NC(=O)CO)[C@H]([C@H](O)[C@@H](CO)O[C@]3(C(=O)O)C[C@H](O)[C@@H](NC(=O)CO)[C@H]([C@H](O)[C@H](O)CO)O3)O2)[C@H]1O. The van der Waals surface area contributed by atoms with Crippen LogP contribution in [0.1, 0.15) is 26.2 Å². The molecule has 7 aliphatic rings. The summed E-state index contributed by atoms with van der Waals surface area (Å²) < 4.78 is 75.1. The van der Waals surface area contributed by atoms with Gasteiger partial charge in [-0.2, -0.15) is 0 Å². The summed E-state index contributed by atoms with van der Waals surface area (Å²) in [6.45, 7) is -12.9. The predicted molar refractivity (Wildman–Crippen MR) is 334 cm³/mol. The van der Waals surface area contributed by atoms with Crippen molar-refractivity contribution in [1.82, 2.24) is 21.3 Å². The van der Waals surface area contributed by atoms with E-state index in [2.05, 4.69) is 5.32 Å². The molecule has 7 fully saturated rings. The van der Waals surface area contributed by atoms with Crippen LogP contribution in [0, 0.1) is 0 Å². The first-order valence-corrected chi connectivity index (χ1v) is 34.0. The molecule has 0 bridgehead atoms. The maximum absolute atomic E-state index is 13.8. The number of hydrogen-bond donors (Lipinski definition) is 32. The number of carbonyl (C=O) groups is 7. The summed E-state index contributed by atoms with van der Waals surface area (Å²) in [4.78, 5) is 91.9. The van der Waals surface area contributed by atoms with Gasteiger partial charge in [0.25, 0.3) is 17.4 Å². The smallest absolute Gasteiger partial charge is 0.364 e. The predicted octanol–water partition coefficient (Wildman–Crippen LogP) is -21.2. The van der Waals surface area contributed by atoms with E-state index in [9.17, 15) is 177 Å². The molecule has 7 heterocycles. The van der Waals surface area contributed by atoms with Gasteiger partial charge in [0.05, 0.1) is 82.7 Å². The van der Waals surface area contributed by atoms with Gasteiger partial charge in [0.2, 0.25) is 23.6 Å². The minimum atomic E-state index is -3.71. The number of amides is 4. The molecule has 640 valence electrons. The van der Waals surface area contributed by atoms with Crippen LogP contribution < -0.4 is 21.3 Å². The first-order chi connectivity index (χ1) is 52.2. The second-order valence-corrected chi connectivity index (χ2v) is 26.9. The minimum Gasteiger partial charge on any atom is -0.477 e. The van der Waals surface area contributed by atoms with Crippen LogP contribution in [0.15, 0.2) is 0 Å². The van der Waals surface area contributed by atoms with E-state index in [-0.39, 0.29) is 0 Å². The zero-order valence-corrected chi connectivity index (χ0v) is 58.1. The summed E-state index contributed by atoms with van der Waals surface area (Å²) in [6, 6.07) is -8.55. The number of nitrogens with one attached hydrogen (secondary N) is 4. The van der Waals surface area contributed by atoms with E-state index in [1.165, 1.54) is 0 Å². The summed E-state index contributed by atoms with van der Waals surface area (Å²) in [5.41, 5.74) is 0.